The Morgan fingerprint density at radius 3 is 2.44 bits per heavy atom. The van der Waals surface area contributed by atoms with E-state index in [0.717, 1.165) is 32.6 Å². The molecule has 0 saturated heterocycles. The molecule has 9 heteroatoms. The summed E-state index contributed by atoms with van der Waals surface area (Å²) in [6, 6.07) is 24.2. The molecule has 6 rings (SSSR count). The summed E-state index contributed by atoms with van der Waals surface area (Å²) in [5.74, 6) is 0.313. The van der Waals surface area contributed by atoms with Crippen LogP contribution in [0, 0.1) is 13.8 Å². The summed E-state index contributed by atoms with van der Waals surface area (Å²) in [5.41, 5.74) is 6.14. The van der Waals surface area contributed by atoms with Crippen LogP contribution < -0.4 is 10.2 Å². The number of anilines is 2. The van der Waals surface area contributed by atoms with Gasteiger partial charge in [-0.25, -0.2) is 4.98 Å². The number of aryl methyl sites for hydroxylation is 2. The Balaban J connectivity index is 1.37. The van der Waals surface area contributed by atoms with Gasteiger partial charge in [-0.1, -0.05) is 88.2 Å². The number of hydrogen-bond donors (Lipinski definition) is 1. The minimum atomic E-state index is -0.199. The van der Waals surface area contributed by atoms with E-state index >= 15 is 0 Å². The normalized spacial score (nSPS) is 15.0. The van der Waals surface area contributed by atoms with Crippen LogP contribution in [0.25, 0.3) is 15.9 Å². The minimum absolute atomic E-state index is 0.0383. The first-order valence-electron chi connectivity index (χ1n) is 11.6. The fraction of sp³-hybridized carbons (Fsp3) is 0.148. The Bertz CT molecular complexity index is 1550. The zero-order valence-corrected chi connectivity index (χ0v) is 20.6. The minimum Gasteiger partial charge on any atom is -0.300 e. The number of carbonyl (C=O) groups excluding carboxylic acids is 1. The van der Waals surface area contributed by atoms with Gasteiger partial charge < -0.3 is 5.32 Å². The predicted molar refractivity (Wildman–Crippen MR) is 142 cm³/mol. The van der Waals surface area contributed by atoms with Gasteiger partial charge in [-0.15, -0.1) is 0 Å². The van der Waals surface area contributed by atoms with Gasteiger partial charge in [0, 0.05) is 0 Å². The number of rotatable bonds is 5. The second-order valence-electron chi connectivity index (χ2n) is 8.82. The topological polar surface area (TPSA) is 88.8 Å². The van der Waals surface area contributed by atoms with Crippen molar-refractivity contribution in [3.05, 3.63) is 101 Å². The van der Waals surface area contributed by atoms with Crippen LogP contribution >= 0.6 is 11.3 Å². The number of nitrogens with zero attached hydrogens (tertiary/aromatic N) is 6. The molecule has 1 N–H and O–H groups in total. The number of fused-ring (bicyclic) bond motifs is 2. The Hall–Kier alpha value is -4.37. The molecule has 36 heavy (non-hydrogen) atoms. The molecule has 0 saturated carbocycles. The first-order chi connectivity index (χ1) is 17.5. The third-order valence-corrected chi connectivity index (χ3v) is 7.15. The van der Waals surface area contributed by atoms with Crippen LogP contribution in [0.4, 0.5) is 11.1 Å². The van der Waals surface area contributed by atoms with Crippen LogP contribution in [0.5, 0.6) is 0 Å². The first-order valence-corrected chi connectivity index (χ1v) is 12.4. The number of amides is 1. The molecule has 2 aromatic heterocycles. The van der Waals surface area contributed by atoms with E-state index in [-0.39, 0.29) is 18.5 Å². The second kappa shape index (κ2) is 9.01. The molecule has 1 aliphatic rings. The average Bonchev–Trinajstić information content (AvgIpc) is 3.52. The molecular formula is C27H23N7OS. The van der Waals surface area contributed by atoms with Gasteiger partial charge in [0.25, 0.3) is 5.95 Å². The molecule has 0 radical (unpaired) electrons. The van der Waals surface area contributed by atoms with Crippen molar-refractivity contribution < 1.29 is 4.79 Å². The third kappa shape index (κ3) is 4.14. The Labute approximate surface area is 211 Å². The SMILES string of the molecule is Cc1ccc(C2=C[C@@H](c3ccc(C)cc3)n3nnnc3N2CC(=O)Nc2nc3ccccc3s2)cc1. The summed E-state index contributed by atoms with van der Waals surface area (Å²) < 4.78 is 2.78. The third-order valence-electron chi connectivity index (χ3n) is 6.20. The summed E-state index contributed by atoms with van der Waals surface area (Å²) in [6.07, 6.45) is 2.11. The number of aromatic nitrogens is 5. The van der Waals surface area contributed by atoms with Gasteiger partial charge in [0.1, 0.15) is 12.6 Å². The second-order valence-corrected chi connectivity index (χ2v) is 9.85. The Kier molecular flexibility index (Phi) is 5.54. The first kappa shape index (κ1) is 22.1. The summed E-state index contributed by atoms with van der Waals surface area (Å²) in [6.45, 7) is 4.15. The number of thiazole rings is 1. The number of hydrogen-bond acceptors (Lipinski definition) is 7. The van der Waals surface area contributed by atoms with Crippen LogP contribution in [0.15, 0.2) is 78.9 Å². The van der Waals surface area contributed by atoms with Gasteiger partial charge in [0.2, 0.25) is 5.91 Å². The molecule has 3 aromatic carbocycles. The number of allylic oxidation sites excluding steroid dienone is 1. The number of carbonyl (C=O) groups is 1. The largest absolute Gasteiger partial charge is 0.300 e. The van der Waals surface area contributed by atoms with E-state index in [1.54, 1.807) is 4.68 Å². The van der Waals surface area contributed by atoms with Gasteiger partial charge in [0.05, 0.1) is 15.9 Å². The summed E-state index contributed by atoms with van der Waals surface area (Å²) in [4.78, 5) is 19.6. The predicted octanol–water partition coefficient (Wildman–Crippen LogP) is 4.99. The molecule has 0 bridgehead atoms. The summed E-state index contributed by atoms with van der Waals surface area (Å²) >= 11 is 1.45. The number of tetrazole rings is 1. The molecule has 8 nitrogen and oxygen atoms in total. The fourth-order valence-corrected chi connectivity index (χ4v) is 5.21. The van der Waals surface area contributed by atoms with Crippen LogP contribution in [0.2, 0.25) is 0 Å². The van der Waals surface area contributed by atoms with Crippen molar-refractivity contribution in [3.8, 4) is 0 Å². The maximum Gasteiger partial charge on any atom is 0.251 e. The monoisotopic (exact) mass is 493 g/mol. The van der Waals surface area contributed by atoms with E-state index < -0.39 is 0 Å². The lowest BCUT2D eigenvalue weighted by molar-refractivity contribution is -0.114. The van der Waals surface area contributed by atoms with E-state index in [2.05, 4.69) is 94.3 Å². The number of para-hydroxylation sites is 1. The smallest absolute Gasteiger partial charge is 0.251 e. The van der Waals surface area contributed by atoms with Crippen LogP contribution in [0.3, 0.4) is 0 Å². The van der Waals surface area contributed by atoms with Crippen molar-refractivity contribution >= 4 is 44.2 Å². The zero-order valence-electron chi connectivity index (χ0n) is 19.8. The van der Waals surface area contributed by atoms with Gasteiger partial charge in [-0.2, -0.15) is 4.68 Å². The van der Waals surface area contributed by atoms with Gasteiger partial charge in [-0.3, -0.25) is 9.69 Å². The van der Waals surface area contributed by atoms with E-state index in [1.807, 2.05) is 29.2 Å². The van der Waals surface area contributed by atoms with Crippen molar-refractivity contribution in [2.75, 3.05) is 16.8 Å². The highest BCUT2D eigenvalue weighted by atomic mass is 32.1. The molecule has 0 fully saturated rings. The Morgan fingerprint density at radius 1 is 0.972 bits per heavy atom. The van der Waals surface area contributed by atoms with Crippen LogP contribution in [-0.2, 0) is 4.79 Å². The number of nitrogens with one attached hydrogen (secondary N) is 1. The quantitative estimate of drug-likeness (QED) is 0.371. The number of benzene rings is 3. The molecule has 0 aliphatic carbocycles. The van der Waals surface area contributed by atoms with Crippen molar-refractivity contribution in [1.82, 2.24) is 25.2 Å². The molecule has 1 aliphatic heterocycles. The highest BCUT2D eigenvalue weighted by molar-refractivity contribution is 7.22. The van der Waals surface area contributed by atoms with Crippen molar-refractivity contribution in [2.24, 2.45) is 0 Å². The van der Waals surface area contributed by atoms with E-state index in [1.165, 1.54) is 16.9 Å². The maximum atomic E-state index is 13.2. The summed E-state index contributed by atoms with van der Waals surface area (Å²) in [5, 5.41) is 16.1. The zero-order chi connectivity index (χ0) is 24.6. The Morgan fingerprint density at radius 2 is 1.69 bits per heavy atom. The van der Waals surface area contributed by atoms with Gasteiger partial charge in [-0.05, 0) is 53.6 Å². The van der Waals surface area contributed by atoms with Crippen LogP contribution in [0.1, 0.15) is 28.3 Å². The van der Waals surface area contributed by atoms with E-state index in [4.69, 9.17) is 0 Å². The molecule has 3 heterocycles. The van der Waals surface area contributed by atoms with Gasteiger partial charge >= 0.3 is 0 Å². The molecule has 178 valence electrons. The fourth-order valence-electron chi connectivity index (χ4n) is 4.33. The lowest BCUT2D eigenvalue weighted by Crippen LogP contribution is -2.37. The highest BCUT2D eigenvalue weighted by Crippen LogP contribution is 2.36. The molecular weight excluding hydrogens is 470 g/mol. The van der Waals surface area contributed by atoms with Crippen molar-refractivity contribution in [3.63, 3.8) is 0 Å². The highest BCUT2D eigenvalue weighted by Gasteiger charge is 2.32. The van der Waals surface area contributed by atoms with Crippen LogP contribution in [-0.4, -0.2) is 37.6 Å². The van der Waals surface area contributed by atoms with E-state index in [9.17, 15) is 4.79 Å². The molecule has 0 unspecified atom stereocenters. The standard InChI is InChI=1S/C27H23N7OS/c1-17-7-11-19(12-8-17)22-15-23(20-13-9-18(2)10-14-20)34-27(30-31-32-34)33(22)16-25(35)29-26-28-21-5-3-4-6-24(21)36-26/h3-15,23H,16H2,1-2H3,(H,28,29,35)/t23-/m0/s1. The lowest BCUT2D eigenvalue weighted by Gasteiger charge is -2.32. The molecule has 1 amide bonds. The van der Waals surface area contributed by atoms with Crippen molar-refractivity contribution in [1.29, 1.82) is 0 Å². The van der Waals surface area contributed by atoms with Crippen molar-refractivity contribution in [2.45, 2.75) is 19.9 Å². The maximum absolute atomic E-state index is 13.2. The molecule has 0 spiro atoms. The molecule has 1 atom stereocenters. The summed E-state index contributed by atoms with van der Waals surface area (Å²) in [7, 11) is 0. The van der Waals surface area contributed by atoms with Gasteiger partial charge in [0.15, 0.2) is 5.13 Å². The molecule has 5 aromatic rings. The average molecular weight is 494 g/mol. The van der Waals surface area contributed by atoms with E-state index in [0.29, 0.717) is 11.1 Å². The lowest BCUT2D eigenvalue weighted by atomic mass is 9.99.